The molecule has 0 amide bonds. The molecule has 1 aliphatic heterocycles. The van der Waals surface area contributed by atoms with Gasteiger partial charge in [0.2, 0.25) is 0 Å². The van der Waals surface area contributed by atoms with Crippen LogP contribution in [-0.2, 0) is 22.5 Å². The third-order valence-electron chi connectivity index (χ3n) is 7.18. The summed E-state index contributed by atoms with van der Waals surface area (Å²) in [6, 6.07) is 12.0. The summed E-state index contributed by atoms with van der Waals surface area (Å²) in [6.45, 7) is 3.88. The molecule has 0 spiro atoms. The van der Waals surface area contributed by atoms with Crippen LogP contribution in [0.25, 0.3) is 11.1 Å². The molecule has 1 saturated heterocycles. The quantitative estimate of drug-likeness (QED) is 0.222. The first-order chi connectivity index (χ1) is 18.8. The first kappa shape index (κ1) is 29.1. The maximum absolute atomic E-state index is 14.4. The number of aliphatic hydroxyl groups is 2. The van der Waals surface area contributed by atoms with E-state index in [9.17, 15) is 19.4 Å². The number of hydrogen-bond acceptors (Lipinski definition) is 8. The standard InChI is InChI=1S/C28H35ClFN5O4/c1-2-39-27(38)21(14-35-15-28(16-35,17-36)18-37)10-23(31-12-24-13-32-34-33-24)9-19-3-5-20(6-4-19)25-11-22(29)7-8-26(25)30/h3-8,11,13,21,23,31,36-37H,2,9-10,12,14-18H2,1H3,(H,32,33,34)/t21-,23+/m0/s1. The Bertz CT molecular complexity index is 1200. The fraction of sp³-hybridized carbons (Fsp3) is 0.464. The predicted molar refractivity (Wildman–Crippen MR) is 145 cm³/mol. The molecule has 2 atom stereocenters. The van der Waals surface area contributed by atoms with Gasteiger partial charge in [0.05, 0.1) is 37.6 Å². The van der Waals surface area contributed by atoms with E-state index in [1.807, 2.05) is 24.3 Å². The summed E-state index contributed by atoms with van der Waals surface area (Å²) in [6.07, 6.45) is 2.77. The van der Waals surface area contributed by atoms with Crippen molar-refractivity contribution in [3.63, 3.8) is 0 Å². The van der Waals surface area contributed by atoms with Crippen LogP contribution in [0.15, 0.2) is 48.7 Å². The molecule has 0 bridgehead atoms. The molecule has 1 aromatic heterocycles. The van der Waals surface area contributed by atoms with Crippen molar-refractivity contribution in [2.45, 2.75) is 32.4 Å². The Kier molecular flexibility index (Phi) is 10.0. The molecular formula is C28H35ClFN5O4. The van der Waals surface area contributed by atoms with Crippen LogP contribution in [0.5, 0.6) is 0 Å². The maximum Gasteiger partial charge on any atom is 0.310 e. The van der Waals surface area contributed by atoms with Crippen LogP contribution in [0.1, 0.15) is 24.6 Å². The minimum Gasteiger partial charge on any atom is -0.466 e. The molecule has 2 aromatic carbocycles. The van der Waals surface area contributed by atoms with Gasteiger partial charge in [0, 0.05) is 48.2 Å². The second-order valence-electron chi connectivity index (χ2n) is 10.3. The molecule has 4 rings (SSSR count). The molecule has 2 heterocycles. The Morgan fingerprint density at radius 3 is 2.62 bits per heavy atom. The topological polar surface area (TPSA) is 124 Å². The van der Waals surface area contributed by atoms with E-state index in [0.717, 1.165) is 16.8 Å². The number of aliphatic hydroxyl groups excluding tert-OH is 2. The lowest BCUT2D eigenvalue weighted by Crippen LogP contribution is -2.61. The normalized spacial score (nSPS) is 16.4. The molecule has 1 fully saturated rings. The molecule has 3 aromatic rings. The SMILES string of the molecule is CCOC(=O)[C@@H](C[C@@H](Cc1ccc(-c2cc(Cl)ccc2F)cc1)NCc1cnn[nH]1)CN1CC(CO)(CO)C1. The van der Waals surface area contributed by atoms with E-state index in [-0.39, 0.29) is 37.6 Å². The number of nitrogens with zero attached hydrogens (tertiary/aromatic N) is 3. The smallest absolute Gasteiger partial charge is 0.310 e. The van der Waals surface area contributed by atoms with Crippen LogP contribution in [-0.4, -0.2) is 82.0 Å². The molecule has 39 heavy (non-hydrogen) atoms. The number of aromatic amines is 1. The summed E-state index contributed by atoms with van der Waals surface area (Å²) in [4.78, 5) is 15.0. The Morgan fingerprint density at radius 1 is 1.23 bits per heavy atom. The number of rotatable bonds is 14. The number of carbonyl (C=O) groups is 1. The lowest BCUT2D eigenvalue weighted by molar-refractivity contribution is -0.151. The maximum atomic E-state index is 14.4. The Morgan fingerprint density at radius 2 is 1.97 bits per heavy atom. The number of esters is 1. The number of H-pyrrole nitrogens is 1. The number of nitrogens with one attached hydrogen (secondary N) is 2. The molecule has 11 heteroatoms. The molecule has 0 radical (unpaired) electrons. The van der Waals surface area contributed by atoms with Crippen molar-refractivity contribution in [1.29, 1.82) is 0 Å². The summed E-state index contributed by atoms with van der Waals surface area (Å²) in [7, 11) is 0. The zero-order chi connectivity index (χ0) is 27.8. The van der Waals surface area contributed by atoms with Crippen molar-refractivity contribution >= 4 is 17.6 Å². The van der Waals surface area contributed by atoms with Crippen molar-refractivity contribution in [3.8, 4) is 11.1 Å². The van der Waals surface area contributed by atoms with Crippen LogP contribution in [0, 0.1) is 17.2 Å². The first-order valence-corrected chi connectivity index (χ1v) is 13.5. The molecule has 0 aliphatic carbocycles. The van der Waals surface area contributed by atoms with Gasteiger partial charge in [-0.2, -0.15) is 0 Å². The van der Waals surface area contributed by atoms with Gasteiger partial charge in [-0.15, -0.1) is 5.10 Å². The summed E-state index contributed by atoms with van der Waals surface area (Å²) in [5, 5.41) is 33.7. The van der Waals surface area contributed by atoms with Crippen LogP contribution >= 0.6 is 11.6 Å². The van der Waals surface area contributed by atoms with E-state index in [4.69, 9.17) is 16.3 Å². The van der Waals surface area contributed by atoms with Crippen LogP contribution in [0.2, 0.25) is 5.02 Å². The molecule has 0 saturated carbocycles. The van der Waals surface area contributed by atoms with E-state index in [1.165, 1.54) is 12.1 Å². The van der Waals surface area contributed by atoms with Crippen LogP contribution < -0.4 is 5.32 Å². The number of aromatic nitrogens is 3. The van der Waals surface area contributed by atoms with Crippen molar-refractivity contribution in [2.75, 3.05) is 39.5 Å². The van der Waals surface area contributed by atoms with Gasteiger partial charge >= 0.3 is 5.97 Å². The van der Waals surface area contributed by atoms with Crippen LogP contribution in [0.4, 0.5) is 4.39 Å². The highest BCUT2D eigenvalue weighted by Crippen LogP contribution is 2.31. The number of carbonyl (C=O) groups excluding carboxylic acids is 1. The van der Waals surface area contributed by atoms with Crippen molar-refractivity contribution in [2.24, 2.45) is 11.3 Å². The van der Waals surface area contributed by atoms with Gasteiger partial charge in [0.25, 0.3) is 0 Å². The average molecular weight is 560 g/mol. The number of hydrogen-bond donors (Lipinski definition) is 4. The fourth-order valence-electron chi connectivity index (χ4n) is 5.06. The number of halogens is 2. The van der Waals surface area contributed by atoms with E-state index >= 15 is 0 Å². The molecular weight excluding hydrogens is 525 g/mol. The summed E-state index contributed by atoms with van der Waals surface area (Å²) in [5.74, 6) is -1.02. The Labute approximate surface area is 232 Å². The Hall–Kier alpha value is -2.89. The second-order valence-corrected chi connectivity index (χ2v) is 10.7. The van der Waals surface area contributed by atoms with E-state index in [0.29, 0.717) is 49.6 Å². The zero-order valence-corrected chi connectivity index (χ0v) is 22.7. The van der Waals surface area contributed by atoms with Crippen molar-refractivity contribution in [1.82, 2.24) is 25.6 Å². The average Bonchev–Trinajstić information content (AvgIpc) is 3.44. The van der Waals surface area contributed by atoms with Gasteiger partial charge in [-0.25, -0.2) is 4.39 Å². The first-order valence-electron chi connectivity index (χ1n) is 13.1. The van der Waals surface area contributed by atoms with E-state index < -0.39 is 11.3 Å². The van der Waals surface area contributed by atoms with Gasteiger partial charge in [-0.3, -0.25) is 9.89 Å². The molecule has 210 valence electrons. The number of likely N-dealkylation sites (tertiary alicyclic amines) is 1. The highest BCUT2D eigenvalue weighted by atomic mass is 35.5. The van der Waals surface area contributed by atoms with Crippen molar-refractivity contribution < 1.29 is 24.1 Å². The third-order valence-corrected chi connectivity index (χ3v) is 7.41. The highest BCUT2D eigenvalue weighted by Gasteiger charge is 2.43. The van der Waals surface area contributed by atoms with E-state index in [1.54, 1.807) is 19.2 Å². The number of benzene rings is 2. The molecule has 4 N–H and O–H groups in total. The van der Waals surface area contributed by atoms with Gasteiger partial charge in [0.1, 0.15) is 5.82 Å². The lowest BCUT2D eigenvalue weighted by atomic mass is 9.80. The fourth-order valence-corrected chi connectivity index (χ4v) is 5.24. The summed E-state index contributed by atoms with van der Waals surface area (Å²) in [5.41, 5.74) is 2.49. The second kappa shape index (κ2) is 13.5. The summed E-state index contributed by atoms with van der Waals surface area (Å²) >= 11 is 6.07. The zero-order valence-electron chi connectivity index (χ0n) is 21.9. The molecule has 1 aliphatic rings. The van der Waals surface area contributed by atoms with Gasteiger partial charge in [-0.1, -0.05) is 41.1 Å². The highest BCUT2D eigenvalue weighted by molar-refractivity contribution is 6.30. The Balaban J connectivity index is 1.48. The van der Waals surface area contributed by atoms with Crippen molar-refractivity contribution in [3.05, 3.63) is 70.8 Å². The number of ether oxygens (including phenoxy) is 1. The molecule has 9 nitrogen and oxygen atoms in total. The molecule has 0 unspecified atom stereocenters. The van der Waals surface area contributed by atoms with Crippen LogP contribution in [0.3, 0.4) is 0 Å². The summed E-state index contributed by atoms with van der Waals surface area (Å²) < 4.78 is 19.8. The minimum absolute atomic E-state index is 0.0957. The third kappa shape index (κ3) is 7.61. The lowest BCUT2D eigenvalue weighted by Gasteiger charge is -2.49. The largest absolute Gasteiger partial charge is 0.466 e. The van der Waals surface area contributed by atoms with Gasteiger partial charge in [-0.05, 0) is 49.1 Å². The predicted octanol–water partition coefficient (Wildman–Crippen LogP) is 2.82. The van der Waals surface area contributed by atoms with E-state index in [2.05, 4.69) is 25.6 Å². The minimum atomic E-state index is -0.519. The monoisotopic (exact) mass is 559 g/mol. The van der Waals surface area contributed by atoms with Gasteiger partial charge in [0.15, 0.2) is 0 Å². The van der Waals surface area contributed by atoms with Gasteiger partial charge < -0.3 is 25.2 Å².